The summed E-state index contributed by atoms with van der Waals surface area (Å²) in [7, 11) is 0. The molecule has 3 rings (SSSR count). The number of halogens is 3. The summed E-state index contributed by atoms with van der Waals surface area (Å²) in [6, 6.07) is 10.0. The van der Waals surface area contributed by atoms with Crippen LogP contribution in [-0.4, -0.2) is 20.9 Å². The molecule has 0 unspecified atom stereocenters. The van der Waals surface area contributed by atoms with Crippen molar-refractivity contribution in [2.75, 3.05) is 5.32 Å². The minimum atomic E-state index is -0.872. The van der Waals surface area contributed by atoms with Crippen LogP contribution in [0.4, 0.5) is 14.5 Å². The van der Waals surface area contributed by atoms with Crippen LogP contribution in [-0.2, 0) is 0 Å². The Morgan fingerprint density at radius 2 is 1.79 bits per heavy atom. The highest BCUT2D eigenvalue weighted by molar-refractivity contribution is 6.30. The van der Waals surface area contributed by atoms with E-state index < -0.39 is 23.2 Å². The lowest BCUT2D eigenvalue weighted by Crippen LogP contribution is -2.16. The zero-order chi connectivity index (χ0) is 17.3. The zero-order valence-electron chi connectivity index (χ0n) is 12.4. The predicted molar refractivity (Wildman–Crippen MR) is 85.4 cm³/mol. The number of rotatable bonds is 3. The Balaban J connectivity index is 1.91. The van der Waals surface area contributed by atoms with Gasteiger partial charge in [0.05, 0.1) is 11.4 Å². The van der Waals surface area contributed by atoms with Gasteiger partial charge in [-0.25, -0.2) is 8.78 Å². The Morgan fingerprint density at radius 3 is 2.46 bits per heavy atom. The monoisotopic (exact) mass is 348 g/mol. The maximum atomic E-state index is 13.6. The van der Waals surface area contributed by atoms with Crippen LogP contribution in [0.3, 0.4) is 0 Å². The highest BCUT2D eigenvalue weighted by Gasteiger charge is 2.19. The molecule has 0 aliphatic rings. The molecule has 1 amide bonds. The molecule has 0 saturated heterocycles. The number of hydrogen-bond donors (Lipinski definition) is 1. The van der Waals surface area contributed by atoms with E-state index in [1.165, 1.54) is 10.9 Å². The third kappa shape index (κ3) is 3.11. The Bertz CT molecular complexity index is 906. The van der Waals surface area contributed by atoms with Gasteiger partial charge in [0.25, 0.3) is 5.91 Å². The second kappa shape index (κ2) is 6.37. The number of para-hydroxylation sites is 1. The molecule has 0 aliphatic heterocycles. The van der Waals surface area contributed by atoms with Crippen molar-refractivity contribution in [1.29, 1.82) is 0 Å². The first-order valence-electron chi connectivity index (χ1n) is 6.91. The number of hydrogen-bond acceptors (Lipinski definition) is 3. The molecule has 0 radical (unpaired) electrons. The molecular weight excluding hydrogens is 338 g/mol. The lowest BCUT2D eigenvalue weighted by atomic mass is 10.2. The van der Waals surface area contributed by atoms with E-state index in [0.717, 1.165) is 12.1 Å². The Hall–Kier alpha value is -2.80. The highest BCUT2D eigenvalue weighted by atomic mass is 35.5. The number of anilines is 1. The standard InChI is InChI=1S/C16H11ClF2N4O/c1-9-14(16(24)20-15-12(18)6-3-7-13(15)19)22-23(21-9)11-5-2-4-10(17)8-11/h2-8H,1H3,(H,20,24). The van der Waals surface area contributed by atoms with Crippen molar-refractivity contribution >= 4 is 23.2 Å². The van der Waals surface area contributed by atoms with Gasteiger partial charge in [0, 0.05) is 5.02 Å². The maximum Gasteiger partial charge on any atom is 0.278 e. The first-order valence-corrected chi connectivity index (χ1v) is 7.29. The average Bonchev–Trinajstić information content (AvgIpc) is 2.93. The van der Waals surface area contributed by atoms with Crippen molar-refractivity contribution in [3.8, 4) is 5.69 Å². The van der Waals surface area contributed by atoms with Gasteiger partial charge in [0.15, 0.2) is 5.69 Å². The van der Waals surface area contributed by atoms with Gasteiger partial charge in [-0.2, -0.15) is 9.90 Å². The van der Waals surface area contributed by atoms with Crippen molar-refractivity contribution in [2.24, 2.45) is 0 Å². The van der Waals surface area contributed by atoms with Crippen molar-refractivity contribution < 1.29 is 13.6 Å². The first-order chi connectivity index (χ1) is 11.5. The van der Waals surface area contributed by atoms with Crippen LogP contribution in [0.25, 0.3) is 5.69 Å². The summed E-state index contributed by atoms with van der Waals surface area (Å²) in [4.78, 5) is 13.5. The molecule has 24 heavy (non-hydrogen) atoms. The van der Waals surface area contributed by atoms with Gasteiger partial charge >= 0.3 is 0 Å². The van der Waals surface area contributed by atoms with Crippen molar-refractivity contribution in [2.45, 2.75) is 6.92 Å². The van der Waals surface area contributed by atoms with Crippen LogP contribution in [0.5, 0.6) is 0 Å². The molecule has 0 fully saturated rings. The number of nitrogens with zero attached hydrogens (tertiary/aromatic N) is 3. The summed E-state index contributed by atoms with van der Waals surface area (Å²) in [5.74, 6) is -2.50. The van der Waals surface area contributed by atoms with E-state index in [-0.39, 0.29) is 5.69 Å². The third-order valence-electron chi connectivity index (χ3n) is 3.24. The van der Waals surface area contributed by atoms with E-state index in [2.05, 4.69) is 15.5 Å². The average molecular weight is 349 g/mol. The summed E-state index contributed by atoms with van der Waals surface area (Å²) in [5.41, 5.74) is 0.294. The lowest BCUT2D eigenvalue weighted by molar-refractivity contribution is 0.102. The summed E-state index contributed by atoms with van der Waals surface area (Å²) in [5, 5.41) is 10.9. The Labute approximate surface area is 140 Å². The Morgan fingerprint density at radius 1 is 1.12 bits per heavy atom. The van der Waals surface area contributed by atoms with Crippen LogP contribution in [0.15, 0.2) is 42.5 Å². The zero-order valence-corrected chi connectivity index (χ0v) is 13.2. The van der Waals surface area contributed by atoms with E-state index in [9.17, 15) is 13.6 Å². The van der Waals surface area contributed by atoms with Gasteiger partial charge in [-0.15, -0.1) is 5.10 Å². The van der Waals surface area contributed by atoms with Gasteiger partial charge in [-0.3, -0.25) is 4.79 Å². The van der Waals surface area contributed by atoms with Gasteiger partial charge in [0.2, 0.25) is 0 Å². The lowest BCUT2D eigenvalue weighted by Gasteiger charge is -2.05. The van der Waals surface area contributed by atoms with Crippen LogP contribution in [0.2, 0.25) is 5.02 Å². The van der Waals surface area contributed by atoms with Crippen LogP contribution in [0, 0.1) is 18.6 Å². The molecule has 0 aliphatic carbocycles. The SMILES string of the molecule is Cc1nn(-c2cccc(Cl)c2)nc1C(=O)Nc1c(F)cccc1F. The largest absolute Gasteiger partial charge is 0.316 e. The normalized spacial score (nSPS) is 10.7. The van der Waals surface area contributed by atoms with Gasteiger partial charge in [-0.05, 0) is 37.3 Å². The predicted octanol–water partition coefficient (Wildman–Crippen LogP) is 3.76. The third-order valence-corrected chi connectivity index (χ3v) is 3.47. The Kier molecular flexibility index (Phi) is 4.26. The molecule has 8 heteroatoms. The summed E-state index contributed by atoms with van der Waals surface area (Å²) < 4.78 is 27.3. The number of carbonyl (C=O) groups excluding carboxylic acids is 1. The molecule has 5 nitrogen and oxygen atoms in total. The van der Waals surface area contributed by atoms with E-state index >= 15 is 0 Å². The van der Waals surface area contributed by atoms with Gasteiger partial charge < -0.3 is 5.32 Å². The molecule has 3 aromatic rings. The van der Waals surface area contributed by atoms with E-state index in [1.807, 2.05) is 0 Å². The second-order valence-electron chi connectivity index (χ2n) is 4.95. The van der Waals surface area contributed by atoms with Crippen molar-refractivity contribution in [3.05, 3.63) is 70.5 Å². The molecule has 0 saturated carbocycles. The second-order valence-corrected chi connectivity index (χ2v) is 5.39. The number of benzene rings is 2. The fraction of sp³-hybridized carbons (Fsp3) is 0.0625. The highest BCUT2D eigenvalue weighted by Crippen LogP contribution is 2.20. The molecule has 1 heterocycles. The molecule has 122 valence electrons. The van der Waals surface area contributed by atoms with Gasteiger partial charge in [-0.1, -0.05) is 23.7 Å². The summed E-state index contributed by atoms with van der Waals surface area (Å²) >= 11 is 5.91. The first kappa shape index (κ1) is 16.1. The molecule has 0 spiro atoms. The van der Waals surface area contributed by atoms with Crippen LogP contribution in [0.1, 0.15) is 16.2 Å². The topological polar surface area (TPSA) is 59.8 Å². The van der Waals surface area contributed by atoms with Crippen molar-refractivity contribution in [1.82, 2.24) is 15.0 Å². The quantitative estimate of drug-likeness (QED) is 0.784. The van der Waals surface area contributed by atoms with Crippen molar-refractivity contribution in [3.63, 3.8) is 0 Å². The molecule has 0 bridgehead atoms. The number of carbonyl (C=O) groups is 1. The molecule has 1 aromatic heterocycles. The number of aryl methyl sites for hydroxylation is 1. The molecule has 0 atom stereocenters. The molecule has 1 N–H and O–H groups in total. The number of amides is 1. The smallest absolute Gasteiger partial charge is 0.278 e. The minimum absolute atomic E-state index is 0.0439. The van der Waals surface area contributed by atoms with E-state index in [4.69, 9.17) is 11.6 Å². The minimum Gasteiger partial charge on any atom is -0.316 e. The van der Waals surface area contributed by atoms with Gasteiger partial charge in [0.1, 0.15) is 17.3 Å². The summed E-state index contributed by atoms with van der Waals surface area (Å²) in [6.45, 7) is 1.57. The fourth-order valence-electron chi connectivity index (χ4n) is 2.09. The maximum absolute atomic E-state index is 13.6. The number of aromatic nitrogens is 3. The van der Waals surface area contributed by atoms with Crippen LogP contribution < -0.4 is 5.32 Å². The van der Waals surface area contributed by atoms with E-state index in [1.54, 1.807) is 31.2 Å². The van der Waals surface area contributed by atoms with Crippen LogP contribution >= 0.6 is 11.6 Å². The number of nitrogens with one attached hydrogen (secondary N) is 1. The molecule has 2 aromatic carbocycles. The summed E-state index contributed by atoms with van der Waals surface area (Å²) in [6.07, 6.45) is 0. The molecular formula is C16H11ClF2N4O. The van der Waals surface area contributed by atoms with E-state index in [0.29, 0.717) is 16.4 Å². The fourth-order valence-corrected chi connectivity index (χ4v) is 2.28.